The molecule has 4 rings (SSSR count). The van der Waals surface area contributed by atoms with E-state index in [-0.39, 0.29) is 29.3 Å². The molecule has 148 valence electrons. The van der Waals surface area contributed by atoms with Gasteiger partial charge in [0.1, 0.15) is 5.56 Å². The van der Waals surface area contributed by atoms with Crippen LogP contribution in [0.1, 0.15) is 34.0 Å². The topological polar surface area (TPSA) is 101 Å². The van der Waals surface area contributed by atoms with E-state index in [4.69, 9.17) is 16.3 Å². The molecular formula is C21H17ClN2O5. The average Bonchev–Trinajstić information content (AvgIpc) is 3.07. The zero-order chi connectivity index (χ0) is 20.7. The Balaban J connectivity index is 1.95. The lowest BCUT2D eigenvalue weighted by Gasteiger charge is -2.26. The average molecular weight is 413 g/mol. The van der Waals surface area contributed by atoms with Crippen molar-refractivity contribution >= 4 is 29.2 Å². The predicted molar refractivity (Wildman–Crippen MR) is 107 cm³/mol. The quantitative estimate of drug-likeness (QED) is 0.601. The first-order valence-electron chi connectivity index (χ1n) is 8.80. The van der Waals surface area contributed by atoms with E-state index in [1.54, 1.807) is 41.0 Å². The number of amides is 1. The Morgan fingerprint density at radius 1 is 1.28 bits per heavy atom. The largest absolute Gasteiger partial charge is 0.504 e. The number of aromatic carboxylic acids is 1. The second kappa shape index (κ2) is 7.18. The summed E-state index contributed by atoms with van der Waals surface area (Å²) >= 11 is 6.13. The Morgan fingerprint density at radius 3 is 2.72 bits per heavy atom. The van der Waals surface area contributed by atoms with Crippen LogP contribution in [0.2, 0.25) is 5.02 Å². The first kappa shape index (κ1) is 18.9. The zero-order valence-electron chi connectivity index (χ0n) is 15.3. The number of ether oxygens (including phenoxy) is 1. The molecule has 1 amide bonds. The summed E-state index contributed by atoms with van der Waals surface area (Å²) < 4.78 is 6.81. The third kappa shape index (κ3) is 3.30. The molecule has 0 fully saturated rings. The Morgan fingerprint density at radius 2 is 2.07 bits per heavy atom. The van der Waals surface area contributed by atoms with Crippen LogP contribution in [0.15, 0.2) is 48.7 Å². The number of benzene rings is 2. The van der Waals surface area contributed by atoms with Crippen LogP contribution in [-0.2, 0) is 4.79 Å². The second-order valence-corrected chi connectivity index (χ2v) is 7.13. The Hall–Kier alpha value is -3.45. The van der Waals surface area contributed by atoms with Crippen LogP contribution in [0.3, 0.4) is 0 Å². The van der Waals surface area contributed by atoms with Crippen LogP contribution in [0.25, 0.3) is 5.69 Å². The molecule has 0 saturated carbocycles. The number of nitrogens with one attached hydrogen (secondary N) is 1. The van der Waals surface area contributed by atoms with Gasteiger partial charge in [-0.15, -0.1) is 0 Å². The van der Waals surface area contributed by atoms with Crippen molar-refractivity contribution in [2.24, 2.45) is 0 Å². The molecule has 0 aliphatic carbocycles. The number of halogens is 1. The highest BCUT2D eigenvalue weighted by molar-refractivity contribution is 6.30. The predicted octanol–water partition coefficient (Wildman–Crippen LogP) is 4.02. The van der Waals surface area contributed by atoms with Gasteiger partial charge in [-0.1, -0.05) is 23.7 Å². The molecule has 1 aliphatic heterocycles. The fourth-order valence-corrected chi connectivity index (χ4v) is 3.85. The van der Waals surface area contributed by atoms with Crippen molar-refractivity contribution in [2.75, 3.05) is 12.4 Å². The van der Waals surface area contributed by atoms with E-state index >= 15 is 0 Å². The Bertz CT molecular complexity index is 1140. The molecule has 7 nitrogen and oxygen atoms in total. The monoisotopic (exact) mass is 412 g/mol. The molecule has 1 atom stereocenters. The molecule has 0 radical (unpaired) electrons. The lowest BCUT2D eigenvalue weighted by molar-refractivity contribution is -0.116. The molecular weight excluding hydrogens is 396 g/mol. The van der Waals surface area contributed by atoms with E-state index < -0.39 is 11.9 Å². The van der Waals surface area contributed by atoms with Crippen molar-refractivity contribution in [3.63, 3.8) is 0 Å². The van der Waals surface area contributed by atoms with Crippen LogP contribution in [-0.4, -0.2) is 33.8 Å². The van der Waals surface area contributed by atoms with E-state index in [9.17, 15) is 19.8 Å². The molecule has 0 spiro atoms. The standard InChI is InChI=1S/C21H17ClN2O5/c1-29-17-6-5-11(7-16(17)25)14-9-18(26)23-19-15(21(27)28)10-24(20(14)19)13-4-2-3-12(22)8-13/h2-8,10,14,25H,9H2,1H3,(H,23,26)(H,27,28)/t14-/m1/s1. The van der Waals surface area contributed by atoms with Crippen molar-refractivity contribution in [2.45, 2.75) is 12.3 Å². The lowest BCUT2D eigenvalue weighted by atomic mass is 9.88. The van der Waals surface area contributed by atoms with Crippen LogP contribution in [0.5, 0.6) is 11.5 Å². The number of fused-ring (bicyclic) bond motifs is 1. The van der Waals surface area contributed by atoms with Gasteiger partial charge < -0.3 is 24.8 Å². The minimum absolute atomic E-state index is 0.0178. The summed E-state index contributed by atoms with van der Waals surface area (Å²) in [6.45, 7) is 0. The number of carbonyl (C=O) groups is 2. The van der Waals surface area contributed by atoms with Crippen molar-refractivity contribution in [1.82, 2.24) is 4.57 Å². The molecule has 1 aliphatic rings. The van der Waals surface area contributed by atoms with Gasteiger partial charge in [0.05, 0.1) is 18.5 Å². The fraction of sp³-hybridized carbons (Fsp3) is 0.143. The molecule has 0 bridgehead atoms. The number of hydrogen-bond donors (Lipinski definition) is 3. The van der Waals surface area contributed by atoms with E-state index in [1.165, 1.54) is 19.4 Å². The van der Waals surface area contributed by atoms with Crippen molar-refractivity contribution < 1.29 is 24.5 Å². The number of methoxy groups -OCH3 is 1. The third-order valence-corrected chi connectivity index (χ3v) is 5.18. The number of aromatic hydroxyl groups is 1. The second-order valence-electron chi connectivity index (χ2n) is 6.69. The molecule has 0 saturated heterocycles. The number of carboxylic acid groups (broad SMARTS) is 1. The van der Waals surface area contributed by atoms with Gasteiger partial charge >= 0.3 is 5.97 Å². The van der Waals surface area contributed by atoms with E-state index in [1.807, 2.05) is 0 Å². The summed E-state index contributed by atoms with van der Waals surface area (Å²) in [6.07, 6.45) is 1.57. The molecule has 1 aromatic heterocycles. The third-order valence-electron chi connectivity index (χ3n) is 4.95. The van der Waals surface area contributed by atoms with Gasteiger partial charge in [-0.05, 0) is 35.9 Å². The van der Waals surface area contributed by atoms with Gasteiger partial charge in [-0.2, -0.15) is 0 Å². The van der Waals surface area contributed by atoms with Crippen molar-refractivity contribution in [1.29, 1.82) is 0 Å². The summed E-state index contributed by atoms with van der Waals surface area (Å²) in [7, 11) is 1.45. The summed E-state index contributed by atoms with van der Waals surface area (Å²) in [5, 5.41) is 23.1. The number of aromatic nitrogens is 1. The van der Waals surface area contributed by atoms with Gasteiger partial charge in [-0.25, -0.2) is 4.79 Å². The number of phenols is 1. The zero-order valence-corrected chi connectivity index (χ0v) is 16.1. The Kier molecular flexibility index (Phi) is 4.68. The minimum atomic E-state index is -1.15. The van der Waals surface area contributed by atoms with E-state index in [2.05, 4.69) is 5.32 Å². The maximum atomic E-state index is 12.4. The smallest absolute Gasteiger partial charge is 0.339 e. The lowest BCUT2D eigenvalue weighted by Crippen LogP contribution is -2.25. The number of anilines is 1. The normalized spacial score (nSPS) is 15.5. The van der Waals surface area contributed by atoms with Crippen molar-refractivity contribution in [3.05, 3.63) is 70.5 Å². The summed E-state index contributed by atoms with van der Waals surface area (Å²) in [5.41, 5.74) is 2.16. The number of carbonyl (C=O) groups excluding carboxylic acids is 1. The number of nitrogens with zero attached hydrogens (tertiary/aromatic N) is 1. The molecule has 8 heteroatoms. The number of phenolic OH excluding ortho intramolecular Hbond substituents is 1. The SMILES string of the molecule is COc1ccc([C@H]2CC(=O)Nc3c(C(=O)O)cn(-c4cccc(Cl)c4)c32)cc1O. The maximum Gasteiger partial charge on any atom is 0.339 e. The molecule has 3 N–H and O–H groups in total. The molecule has 0 unspecified atom stereocenters. The van der Waals surface area contributed by atoms with Crippen LogP contribution in [0, 0.1) is 0 Å². The number of rotatable bonds is 4. The highest BCUT2D eigenvalue weighted by atomic mass is 35.5. The first-order valence-corrected chi connectivity index (χ1v) is 9.18. The Labute approximate surface area is 171 Å². The van der Waals surface area contributed by atoms with E-state index in [0.29, 0.717) is 27.7 Å². The molecule has 2 heterocycles. The molecule has 2 aromatic carbocycles. The van der Waals surface area contributed by atoms with Crippen LogP contribution in [0.4, 0.5) is 5.69 Å². The van der Waals surface area contributed by atoms with Gasteiger partial charge in [-0.3, -0.25) is 4.79 Å². The minimum Gasteiger partial charge on any atom is -0.504 e. The first-order chi connectivity index (χ1) is 13.9. The summed E-state index contributed by atoms with van der Waals surface area (Å²) in [4.78, 5) is 24.2. The van der Waals surface area contributed by atoms with Gasteiger partial charge in [0.15, 0.2) is 11.5 Å². The van der Waals surface area contributed by atoms with Gasteiger partial charge in [0.25, 0.3) is 0 Å². The molecule has 29 heavy (non-hydrogen) atoms. The highest BCUT2D eigenvalue weighted by Gasteiger charge is 2.34. The maximum absolute atomic E-state index is 12.4. The summed E-state index contributed by atoms with van der Waals surface area (Å²) in [6, 6.07) is 11.9. The number of carboxylic acids is 1. The highest BCUT2D eigenvalue weighted by Crippen LogP contribution is 2.43. The van der Waals surface area contributed by atoms with Gasteiger partial charge in [0, 0.05) is 29.2 Å². The van der Waals surface area contributed by atoms with Crippen LogP contribution >= 0.6 is 11.6 Å². The number of hydrogen-bond acceptors (Lipinski definition) is 4. The van der Waals surface area contributed by atoms with E-state index in [0.717, 1.165) is 0 Å². The summed E-state index contributed by atoms with van der Waals surface area (Å²) in [5.74, 6) is -1.67. The van der Waals surface area contributed by atoms with Crippen LogP contribution < -0.4 is 10.1 Å². The van der Waals surface area contributed by atoms with Crippen molar-refractivity contribution in [3.8, 4) is 17.2 Å². The van der Waals surface area contributed by atoms with Gasteiger partial charge in [0.2, 0.25) is 5.91 Å². The fourth-order valence-electron chi connectivity index (χ4n) is 3.67. The molecule has 3 aromatic rings.